The van der Waals surface area contributed by atoms with Crippen molar-refractivity contribution in [3.05, 3.63) is 23.5 Å². The van der Waals surface area contributed by atoms with Gasteiger partial charge in [0.2, 0.25) is 0 Å². The number of rotatable bonds is 5. The van der Waals surface area contributed by atoms with Crippen LogP contribution in [0.25, 0.3) is 0 Å². The van der Waals surface area contributed by atoms with Gasteiger partial charge >= 0.3 is 0 Å². The van der Waals surface area contributed by atoms with E-state index in [9.17, 15) is 13.6 Å². The van der Waals surface area contributed by atoms with Gasteiger partial charge in [-0.15, -0.1) is 0 Å². The number of piperidine rings is 1. The van der Waals surface area contributed by atoms with Gasteiger partial charge in [0.1, 0.15) is 0 Å². The fraction of sp³-hybridized carbons (Fsp3) is 0.643. The fourth-order valence-corrected chi connectivity index (χ4v) is 2.59. The molecule has 0 spiro atoms. The molecule has 1 fully saturated rings. The molecule has 1 aliphatic heterocycles. The van der Waals surface area contributed by atoms with Crippen LogP contribution in [0.2, 0.25) is 0 Å². The summed E-state index contributed by atoms with van der Waals surface area (Å²) in [5, 5.41) is 2.93. The van der Waals surface area contributed by atoms with Crippen LogP contribution >= 0.6 is 0 Å². The van der Waals surface area contributed by atoms with Gasteiger partial charge in [-0.25, -0.2) is 8.78 Å². The highest BCUT2D eigenvalue weighted by Gasteiger charge is 2.22. The molecule has 2 heterocycles. The molecule has 1 amide bonds. The van der Waals surface area contributed by atoms with Crippen molar-refractivity contribution in [3.8, 4) is 0 Å². The first-order valence-electron chi connectivity index (χ1n) is 6.98. The van der Waals surface area contributed by atoms with Gasteiger partial charge in [-0.1, -0.05) is 0 Å². The standard InChI is InChI=1S/C14H21F2N3O/c1-10-6-17-8-12(10)14(20)18-7-11-2-4-19(5-3-11)9-13(15)16/h6,8,11,13,17H,2-5,7,9H2,1H3,(H,18,20). The van der Waals surface area contributed by atoms with Crippen LogP contribution in [0.1, 0.15) is 28.8 Å². The summed E-state index contributed by atoms with van der Waals surface area (Å²) < 4.78 is 24.5. The second kappa shape index (κ2) is 6.83. The second-order valence-electron chi connectivity index (χ2n) is 5.40. The summed E-state index contributed by atoms with van der Waals surface area (Å²) in [5.74, 6) is 0.311. The summed E-state index contributed by atoms with van der Waals surface area (Å²) >= 11 is 0. The highest BCUT2D eigenvalue weighted by molar-refractivity contribution is 5.95. The summed E-state index contributed by atoms with van der Waals surface area (Å²) in [4.78, 5) is 16.6. The van der Waals surface area contributed by atoms with Crippen LogP contribution in [0.15, 0.2) is 12.4 Å². The molecule has 112 valence electrons. The number of carbonyl (C=O) groups excluding carboxylic acids is 1. The summed E-state index contributed by atoms with van der Waals surface area (Å²) in [5.41, 5.74) is 1.59. The third-order valence-electron chi connectivity index (χ3n) is 3.85. The smallest absolute Gasteiger partial charge is 0.253 e. The average Bonchev–Trinajstić information content (AvgIpc) is 2.83. The Morgan fingerprint density at radius 2 is 2.15 bits per heavy atom. The van der Waals surface area contributed by atoms with Gasteiger partial charge < -0.3 is 10.3 Å². The molecular weight excluding hydrogens is 264 g/mol. The molecule has 2 N–H and O–H groups in total. The van der Waals surface area contributed by atoms with Gasteiger partial charge in [0.15, 0.2) is 0 Å². The molecule has 0 atom stereocenters. The number of amides is 1. The maximum atomic E-state index is 12.3. The number of aromatic nitrogens is 1. The molecule has 20 heavy (non-hydrogen) atoms. The first kappa shape index (κ1) is 15.0. The van der Waals surface area contributed by atoms with E-state index < -0.39 is 6.43 Å². The van der Waals surface area contributed by atoms with Gasteiger partial charge in [-0.2, -0.15) is 0 Å². The van der Waals surface area contributed by atoms with E-state index in [1.807, 2.05) is 6.92 Å². The van der Waals surface area contributed by atoms with Crippen LogP contribution in [-0.4, -0.2) is 48.4 Å². The van der Waals surface area contributed by atoms with Gasteiger partial charge in [0.25, 0.3) is 12.3 Å². The minimum Gasteiger partial charge on any atom is -0.367 e. The van der Waals surface area contributed by atoms with E-state index in [0.717, 1.165) is 18.4 Å². The zero-order valence-corrected chi connectivity index (χ0v) is 11.7. The highest BCUT2D eigenvalue weighted by Crippen LogP contribution is 2.17. The SMILES string of the molecule is Cc1c[nH]cc1C(=O)NCC1CCN(CC(F)F)CC1. The highest BCUT2D eigenvalue weighted by atomic mass is 19.3. The van der Waals surface area contributed by atoms with Crippen LogP contribution in [0, 0.1) is 12.8 Å². The molecule has 0 saturated carbocycles. The van der Waals surface area contributed by atoms with Crippen LogP contribution in [0.3, 0.4) is 0 Å². The molecule has 1 saturated heterocycles. The molecule has 4 nitrogen and oxygen atoms in total. The number of aryl methyl sites for hydroxylation is 1. The van der Waals surface area contributed by atoms with Crippen molar-refractivity contribution in [1.29, 1.82) is 0 Å². The summed E-state index contributed by atoms with van der Waals surface area (Å²) in [7, 11) is 0. The first-order chi connectivity index (χ1) is 9.56. The first-order valence-corrected chi connectivity index (χ1v) is 6.98. The number of hydrogen-bond acceptors (Lipinski definition) is 2. The number of aromatic amines is 1. The lowest BCUT2D eigenvalue weighted by molar-refractivity contribution is 0.0683. The molecule has 2 rings (SSSR count). The third kappa shape index (κ3) is 4.03. The zero-order valence-electron chi connectivity index (χ0n) is 11.7. The molecule has 0 radical (unpaired) electrons. The normalized spacial score (nSPS) is 17.6. The van der Waals surface area contributed by atoms with Gasteiger partial charge in [0, 0.05) is 18.9 Å². The molecule has 0 aliphatic carbocycles. The number of halogens is 2. The Balaban J connectivity index is 1.71. The largest absolute Gasteiger partial charge is 0.367 e. The van der Waals surface area contributed by atoms with E-state index in [4.69, 9.17) is 0 Å². The Bertz CT molecular complexity index is 439. The third-order valence-corrected chi connectivity index (χ3v) is 3.85. The fourth-order valence-electron chi connectivity index (χ4n) is 2.59. The van der Waals surface area contributed by atoms with Crippen LogP contribution in [0.5, 0.6) is 0 Å². The van der Waals surface area contributed by atoms with Crippen molar-refractivity contribution in [2.24, 2.45) is 5.92 Å². The second-order valence-corrected chi connectivity index (χ2v) is 5.40. The predicted molar refractivity (Wildman–Crippen MR) is 73.0 cm³/mol. The monoisotopic (exact) mass is 285 g/mol. The minimum absolute atomic E-state index is 0.0706. The molecule has 1 aliphatic rings. The van der Waals surface area contributed by atoms with Crippen LogP contribution < -0.4 is 5.32 Å². The Morgan fingerprint density at radius 1 is 1.45 bits per heavy atom. The minimum atomic E-state index is -2.26. The molecule has 0 aromatic carbocycles. The van der Waals surface area contributed by atoms with Crippen molar-refractivity contribution >= 4 is 5.91 Å². The number of carbonyl (C=O) groups is 1. The van der Waals surface area contributed by atoms with Crippen LogP contribution in [-0.2, 0) is 0 Å². The van der Waals surface area contributed by atoms with Crippen molar-refractivity contribution in [1.82, 2.24) is 15.2 Å². The van der Waals surface area contributed by atoms with Gasteiger partial charge in [0.05, 0.1) is 12.1 Å². The zero-order chi connectivity index (χ0) is 14.5. The summed E-state index contributed by atoms with van der Waals surface area (Å²) in [6.45, 7) is 3.74. The molecule has 0 unspecified atom stereocenters. The lowest BCUT2D eigenvalue weighted by Gasteiger charge is -2.31. The molecule has 1 aromatic heterocycles. The molecule has 6 heteroatoms. The Morgan fingerprint density at radius 3 is 2.70 bits per heavy atom. The van der Waals surface area contributed by atoms with Crippen LogP contribution in [0.4, 0.5) is 8.78 Å². The number of nitrogens with one attached hydrogen (secondary N) is 2. The van der Waals surface area contributed by atoms with Gasteiger partial charge in [-0.3, -0.25) is 9.69 Å². The van der Waals surface area contributed by atoms with E-state index in [-0.39, 0.29) is 12.5 Å². The van der Waals surface area contributed by atoms with Gasteiger partial charge in [-0.05, 0) is 44.3 Å². The lowest BCUT2D eigenvalue weighted by atomic mass is 9.96. The van der Waals surface area contributed by atoms with E-state index in [0.29, 0.717) is 31.1 Å². The van der Waals surface area contributed by atoms with Crippen molar-refractivity contribution in [2.75, 3.05) is 26.2 Å². The Labute approximate surface area is 117 Å². The topological polar surface area (TPSA) is 48.1 Å². The number of nitrogens with zero attached hydrogens (tertiary/aromatic N) is 1. The van der Waals surface area contributed by atoms with E-state index in [2.05, 4.69) is 10.3 Å². The number of H-pyrrole nitrogens is 1. The van der Waals surface area contributed by atoms with E-state index >= 15 is 0 Å². The lowest BCUT2D eigenvalue weighted by Crippen LogP contribution is -2.40. The maximum Gasteiger partial charge on any atom is 0.253 e. The molecule has 0 bridgehead atoms. The Hall–Kier alpha value is -1.43. The van der Waals surface area contributed by atoms with Crippen molar-refractivity contribution < 1.29 is 13.6 Å². The average molecular weight is 285 g/mol. The number of hydrogen-bond donors (Lipinski definition) is 2. The maximum absolute atomic E-state index is 12.3. The predicted octanol–water partition coefficient (Wildman–Crippen LogP) is 2.03. The quantitative estimate of drug-likeness (QED) is 0.869. The van der Waals surface area contributed by atoms with E-state index in [1.54, 1.807) is 17.3 Å². The summed E-state index contributed by atoms with van der Waals surface area (Å²) in [6, 6.07) is 0. The summed E-state index contributed by atoms with van der Waals surface area (Å²) in [6.07, 6.45) is 2.94. The number of likely N-dealkylation sites (tertiary alicyclic amines) is 1. The number of alkyl halides is 2. The van der Waals surface area contributed by atoms with E-state index in [1.165, 1.54) is 0 Å². The molecular formula is C14H21F2N3O. The van der Waals surface area contributed by atoms with Crippen molar-refractivity contribution in [3.63, 3.8) is 0 Å². The Kier molecular flexibility index (Phi) is 5.11. The van der Waals surface area contributed by atoms with Crippen molar-refractivity contribution in [2.45, 2.75) is 26.2 Å². The molecule has 1 aromatic rings.